The minimum absolute atomic E-state index is 0.105. The van der Waals surface area contributed by atoms with Crippen LogP contribution in [0.1, 0.15) is 12.8 Å². The molecule has 5 heteroatoms. The molecular formula is C13H17ClN2O2. The van der Waals surface area contributed by atoms with E-state index in [4.69, 9.17) is 11.6 Å². The second-order valence-corrected chi connectivity index (χ2v) is 4.84. The van der Waals surface area contributed by atoms with Crippen LogP contribution in [-0.2, 0) is 4.79 Å². The van der Waals surface area contributed by atoms with Crippen molar-refractivity contribution in [3.8, 4) is 0 Å². The maximum Gasteiger partial charge on any atom is 0.227 e. The molecule has 0 spiro atoms. The lowest BCUT2D eigenvalue weighted by Gasteiger charge is -2.10. The minimum atomic E-state index is -0.555. The molecule has 1 aromatic carbocycles. The molecule has 0 bridgehead atoms. The molecule has 2 rings (SSSR count). The van der Waals surface area contributed by atoms with Crippen molar-refractivity contribution in [2.75, 3.05) is 23.1 Å². The number of rotatable bonds is 6. The van der Waals surface area contributed by atoms with Gasteiger partial charge in [0.1, 0.15) is 0 Å². The minimum Gasteiger partial charge on any atom is -0.390 e. The molecule has 1 aliphatic rings. The zero-order valence-electron chi connectivity index (χ0n) is 10.0. The molecule has 1 unspecified atom stereocenters. The van der Waals surface area contributed by atoms with E-state index in [0.29, 0.717) is 6.54 Å². The molecule has 0 saturated heterocycles. The van der Waals surface area contributed by atoms with Crippen LogP contribution < -0.4 is 10.6 Å². The van der Waals surface area contributed by atoms with Crippen LogP contribution in [-0.4, -0.2) is 29.5 Å². The lowest BCUT2D eigenvalue weighted by atomic mass is 10.2. The number of halogens is 1. The van der Waals surface area contributed by atoms with Crippen molar-refractivity contribution < 1.29 is 9.90 Å². The second kappa shape index (κ2) is 6.07. The predicted molar refractivity (Wildman–Crippen MR) is 73.0 cm³/mol. The summed E-state index contributed by atoms with van der Waals surface area (Å²) in [6.45, 7) is 0.414. The summed E-state index contributed by atoms with van der Waals surface area (Å²) in [5.41, 5.74) is 1.69. The van der Waals surface area contributed by atoms with Crippen molar-refractivity contribution in [3.63, 3.8) is 0 Å². The molecule has 0 radical (unpaired) electrons. The number of aliphatic hydroxyl groups excluding tert-OH is 1. The van der Waals surface area contributed by atoms with Crippen molar-refractivity contribution in [2.24, 2.45) is 5.92 Å². The Balaban J connectivity index is 1.82. The summed E-state index contributed by atoms with van der Waals surface area (Å²) in [7, 11) is 0. The van der Waals surface area contributed by atoms with Crippen LogP contribution in [0, 0.1) is 5.92 Å². The lowest BCUT2D eigenvalue weighted by Crippen LogP contribution is -2.20. The first-order chi connectivity index (χ1) is 8.69. The first-order valence-corrected chi connectivity index (χ1v) is 6.61. The number of hydrogen-bond donors (Lipinski definition) is 3. The molecule has 0 heterocycles. The first-order valence-electron chi connectivity index (χ1n) is 6.08. The number of amides is 1. The van der Waals surface area contributed by atoms with Gasteiger partial charge >= 0.3 is 0 Å². The summed E-state index contributed by atoms with van der Waals surface area (Å²) in [5, 5.41) is 15.2. The molecular weight excluding hydrogens is 252 g/mol. The lowest BCUT2D eigenvalue weighted by molar-refractivity contribution is -0.117. The van der Waals surface area contributed by atoms with Gasteiger partial charge in [-0.25, -0.2) is 0 Å². The number of carbonyl (C=O) groups is 1. The van der Waals surface area contributed by atoms with E-state index in [1.165, 1.54) is 0 Å². The number of alkyl halides is 1. The van der Waals surface area contributed by atoms with E-state index in [-0.39, 0.29) is 17.7 Å². The van der Waals surface area contributed by atoms with Gasteiger partial charge in [0, 0.05) is 23.8 Å². The van der Waals surface area contributed by atoms with Crippen LogP contribution in [0.3, 0.4) is 0 Å². The number of anilines is 2. The van der Waals surface area contributed by atoms with E-state index in [0.717, 1.165) is 24.2 Å². The van der Waals surface area contributed by atoms with Crippen molar-refractivity contribution in [1.82, 2.24) is 0 Å². The highest BCUT2D eigenvalue weighted by molar-refractivity contribution is 6.18. The molecule has 1 aliphatic carbocycles. The van der Waals surface area contributed by atoms with Crippen molar-refractivity contribution in [2.45, 2.75) is 18.9 Å². The largest absolute Gasteiger partial charge is 0.390 e. The van der Waals surface area contributed by atoms with Crippen LogP contribution in [0.5, 0.6) is 0 Å². The highest BCUT2D eigenvalue weighted by Gasteiger charge is 2.29. The van der Waals surface area contributed by atoms with Crippen molar-refractivity contribution in [3.05, 3.63) is 24.3 Å². The third-order valence-corrected chi connectivity index (χ3v) is 3.18. The Morgan fingerprint density at radius 3 is 2.50 bits per heavy atom. The molecule has 3 N–H and O–H groups in total. The van der Waals surface area contributed by atoms with Crippen molar-refractivity contribution >= 4 is 28.9 Å². The maximum atomic E-state index is 11.5. The fraction of sp³-hybridized carbons (Fsp3) is 0.462. The van der Waals surface area contributed by atoms with E-state index in [1.807, 2.05) is 24.3 Å². The van der Waals surface area contributed by atoms with Gasteiger partial charge in [-0.3, -0.25) is 4.79 Å². The summed E-state index contributed by atoms with van der Waals surface area (Å²) in [6, 6.07) is 7.41. The molecule has 1 saturated carbocycles. The Morgan fingerprint density at radius 2 is 1.94 bits per heavy atom. The molecule has 98 valence electrons. The highest BCUT2D eigenvalue weighted by atomic mass is 35.5. The van der Waals surface area contributed by atoms with Crippen molar-refractivity contribution in [1.29, 1.82) is 0 Å². The molecule has 1 fully saturated rings. The molecule has 18 heavy (non-hydrogen) atoms. The third kappa shape index (κ3) is 3.89. The molecule has 4 nitrogen and oxygen atoms in total. The van der Waals surface area contributed by atoms with Gasteiger partial charge < -0.3 is 15.7 Å². The summed E-state index contributed by atoms with van der Waals surface area (Å²) >= 11 is 5.50. The number of carbonyl (C=O) groups excluding carboxylic acids is 1. The summed E-state index contributed by atoms with van der Waals surface area (Å²) in [6.07, 6.45) is 1.45. The van der Waals surface area contributed by atoms with Gasteiger partial charge in [-0.1, -0.05) is 0 Å². The van der Waals surface area contributed by atoms with Gasteiger partial charge in [0.2, 0.25) is 5.91 Å². The number of nitrogens with one attached hydrogen (secondary N) is 2. The Labute approximate surface area is 111 Å². The summed E-state index contributed by atoms with van der Waals surface area (Å²) < 4.78 is 0. The SMILES string of the molecule is O=C(Nc1ccc(NCC(O)CCl)cc1)C1CC1. The summed E-state index contributed by atoms with van der Waals surface area (Å²) in [5.74, 6) is 0.526. The topological polar surface area (TPSA) is 61.4 Å². The molecule has 0 aliphatic heterocycles. The smallest absolute Gasteiger partial charge is 0.227 e. The molecule has 1 aromatic rings. The highest BCUT2D eigenvalue weighted by Crippen LogP contribution is 2.30. The zero-order chi connectivity index (χ0) is 13.0. The summed E-state index contributed by atoms with van der Waals surface area (Å²) in [4.78, 5) is 11.5. The maximum absolute atomic E-state index is 11.5. The number of hydrogen-bond acceptors (Lipinski definition) is 3. The predicted octanol–water partition coefficient (Wildman–Crippen LogP) is 2.05. The fourth-order valence-corrected chi connectivity index (χ4v) is 1.66. The normalized spacial score (nSPS) is 16.1. The fourth-order valence-electron chi connectivity index (χ4n) is 1.55. The van der Waals surface area contributed by atoms with Crippen LogP contribution >= 0.6 is 11.6 Å². The standard InChI is InChI=1S/C13H17ClN2O2/c14-7-12(17)8-15-10-3-5-11(6-4-10)16-13(18)9-1-2-9/h3-6,9,12,15,17H,1-2,7-8H2,(H,16,18). The average Bonchev–Trinajstić information content (AvgIpc) is 3.21. The van der Waals surface area contributed by atoms with E-state index in [1.54, 1.807) is 0 Å². The Kier molecular flexibility index (Phi) is 4.44. The van der Waals surface area contributed by atoms with Crippen LogP contribution in [0.4, 0.5) is 11.4 Å². The Hall–Kier alpha value is -1.26. The van der Waals surface area contributed by atoms with Crippen LogP contribution in [0.2, 0.25) is 0 Å². The second-order valence-electron chi connectivity index (χ2n) is 4.53. The first kappa shape index (κ1) is 13.2. The van der Waals surface area contributed by atoms with E-state index < -0.39 is 6.10 Å². The quantitative estimate of drug-likeness (QED) is 0.692. The van der Waals surface area contributed by atoms with Crippen LogP contribution in [0.15, 0.2) is 24.3 Å². The third-order valence-electron chi connectivity index (χ3n) is 2.82. The van der Waals surface area contributed by atoms with Gasteiger partial charge in [0.25, 0.3) is 0 Å². The van der Waals surface area contributed by atoms with Gasteiger partial charge in [-0.15, -0.1) is 11.6 Å². The molecule has 1 amide bonds. The van der Waals surface area contributed by atoms with Gasteiger partial charge in [0.05, 0.1) is 12.0 Å². The average molecular weight is 269 g/mol. The monoisotopic (exact) mass is 268 g/mol. The molecule has 1 atom stereocenters. The van der Waals surface area contributed by atoms with Gasteiger partial charge in [-0.05, 0) is 37.1 Å². The number of aliphatic hydroxyl groups is 1. The Bertz CT molecular complexity index is 404. The van der Waals surface area contributed by atoms with Gasteiger partial charge in [-0.2, -0.15) is 0 Å². The Morgan fingerprint density at radius 1 is 1.33 bits per heavy atom. The van der Waals surface area contributed by atoms with Gasteiger partial charge in [0.15, 0.2) is 0 Å². The van der Waals surface area contributed by atoms with E-state index >= 15 is 0 Å². The van der Waals surface area contributed by atoms with E-state index in [9.17, 15) is 9.90 Å². The molecule has 0 aromatic heterocycles. The van der Waals surface area contributed by atoms with E-state index in [2.05, 4.69) is 10.6 Å². The number of benzene rings is 1. The van der Waals surface area contributed by atoms with Crippen LogP contribution in [0.25, 0.3) is 0 Å². The zero-order valence-corrected chi connectivity index (χ0v) is 10.8.